The van der Waals surface area contributed by atoms with E-state index in [9.17, 15) is 13.2 Å². The van der Waals surface area contributed by atoms with Crippen LogP contribution in [-0.4, -0.2) is 56.8 Å². The number of hydrogen-bond acceptors (Lipinski definition) is 2. The predicted octanol–water partition coefficient (Wildman–Crippen LogP) is 2.23. The van der Waals surface area contributed by atoms with E-state index < -0.39 is 12.6 Å². The van der Waals surface area contributed by atoms with Gasteiger partial charge in [0.2, 0.25) is 0 Å². The number of guanidine groups is 1. The monoisotopic (exact) mass is 296 g/mol. The lowest BCUT2D eigenvalue weighted by atomic mass is 10.3. The van der Waals surface area contributed by atoms with Crippen molar-refractivity contribution in [2.75, 3.05) is 39.8 Å². The van der Waals surface area contributed by atoms with Crippen LogP contribution in [0.25, 0.3) is 0 Å². The average molecular weight is 296 g/mol. The van der Waals surface area contributed by atoms with Gasteiger partial charge in [-0.3, -0.25) is 4.99 Å². The Morgan fingerprint density at radius 3 is 2.15 bits per heavy atom. The van der Waals surface area contributed by atoms with E-state index in [0.29, 0.717) is 12.5 Å². The van der Waals surface area contributed by atoms with E-state index in [1.807, 2.05) is 0 Å². The molecule has 0 radical (unpaired) electrons. The van der Waals surface area contributed by atoms with Crippen LogP contribution in [0.1, 0.15) is 33.1 Å². The van der Waals surface area contributed by atoms with Crippen LogP contribution in [0.4, 0.5) is 13.2 Å². The van der Waals surface area contributed by atoms with Crippen molar-refractivity contribution in [3.63, 3.8) is 0 Å². The molecule has 0 aromatic heterocycles. The summed E-state index contributed by atoms with van der Waals surface area (Å²) < 4.78 is 36.0. The molecular weight excluding hydrogens is 269 g/mol. The predicted molar refractivity (Wildman–Crippen MR) is 77.1 cm³/mol. The smallest absolute Gasteiger partial charge is 0.356 e. The van der Waals surface area contributed by atoms with Gasteiger partial charge in [0, 0.05) is 20.1 Å². The van der Waals surface area contributed by atoms with Crippen LogP contribution in [0.15, 0.2) is 4.99 Å². The van der Waals surface area contributed by atoms with Crippen molar-refractivity contribution in [1.82, 2.24) is 15.5 Å². The van der Waals surface area contributed by atoms with Gasteiger partial charge in [0.1, 0.15) is 0 Å². The van der Waals surface area contributed by atoms with E-state index >= 15 is 0 Å². The van der Waals surface area contributed by atoms with Gasteiger partial charge in [-0.1, -0.05) is 13.8 Å². The molecule has 2 N–H and O–H groups in total. The van der Waals surface area contributed by atoms with Gasteiger partial charge < -0.3 is 15.5 Å². The van der Waals surface area contributed by atoms with E-state index in [2.05, 4.69) is 34.4 Å². The van der Waals surface area contributed by atoms with Gasteiger partial charge in [0.15, 0.2) is 5.96 Å². The first-order chi connectivity index (χ1) is 9.42. The van der Waals surface area contributed by atoms with Crippen molar-refractivity contribution >= 4 is 5.96 Å². The van der Waals surface area contributed by atoms with Gasteiger partial charge in [0.05, 0.1) is 6.42 Å². The van der Waals surface area contributed by atoms with E-state index in [4.69, 9.17) is 0 Å². The second-order valence-electron chi connectivity index (χ2n) is 4.52. The van der Waals surface area contributed by atoms with Crippen molar-refractivity contribution in [3.05, 3.63) is 0 Å². The largest absolute Gasteiger partial charge is 0.390 e. The molecule has 7 heteroatoms. The zero-order valence-corrected chi connectivity index (χ0v) is 12.7. The Balaban J connectivity index is 3.66. The van der Waals surface area contributed by atoms with E-state index in [1.54, 1.807) is 7.05 Å². The first kappa shape index (κ1) is 19.0. The molecule has 0 spiro atoms. The summed E-state index contributed by atoms with van der Waals surface area (Å²) in [6.45, 7) is 7.97. The molecule has 0 saturated heterocycles. The SMILES string of the molecule is CCN(CC)CCCCNC(=NC)NCCC(F)(F)F. The highest BCUT2D eigenvalue weighted by molar-refractivity contribution is 5.79. The third-order valence-corrected chi connectivity index (χ3v) is 3.01. The molecule has 120 valence electrons. The highest BCUT2D eigenvalue weighted by Gasteiger charge is 2.26. The molecule has 0 aromatic rings. The summed E-state index contributed by atoms with van der Waals surface area (Å²) in [7, 11) is 1.55. The molecule has 0 atom stereocenters. The Morgan fingerprint density at radius 2 is 1.65 bits per heavy atom. The van der Waals surface area contributed by atoms with E-state index in [1.165, 1.54) is 0 Å². The summed E-state index contributed by atoms with van der Waals surface area (Å²) in [6.07, 6.45) is -2.95. The third-order valence-electron chi connectivity index (χ3n) is 3.01. The Morgan fingerprint density at radius 1 is 1.05 bits per heavy atom. The number of nitrogens with one attached hydrogen (secondary N) is 2. The lowest BCUT2D eigenvalue weighted by molar-refractivity contribution is -0.132. The third kappa shape index (κ3) is 10.9. The van der Waals surface area contributed by atoms with Crippen LogP contribution in [0.5, 0.6) is 0 Å². The fourth-order valence-electron chi connectivity index (χ4n) is 1.75. The summed E-state index contributed by atoms with van der Waals surface area (Å²) in [5.74, 6) is 0.428. The lowest BCUT2D eigenvalue weighted by Gasteiger charge is -2.18. The summed E-state index contributed by atoms with van der Waals surface area (Å²) in [6, 6.07) is 0. The zero-order chi connectivity index (χ0) is 15.4. The van der Waals surface area contributed by atoms with Gasteiger partial charge in [-0.05, 0) is 32.5 Å². The number of alkyl halides is 3. The van der Waals surface area contributed by atoms with Crippen LogP contribution in [0.3, 0.4) is 0 Å². The minimum Gasteiger partial charge on any atom is -0.356 e. The molecule has 20 heavy (non-hydrogen) atoms. The van der Waals surface area contributed by atoms with Gasteiger partial charge in [-0.15, -0.1) is 0 Å². The second kappa shape index (κ2) is 10.8. The van der Waals surface area contributed by atoms with Crippen LogP contribution >= 0.6 is 0 Å². The number of rotatable bonds is 9. The fourth-order valence-corrected chi connectivity index (χ4v) is 1.75. The summed E-state index contributed by atoms with van der Waals surface area (Å²) in [5, 5.41) is 5.67. The Hall–Kier alpha value is -0.980. The average Bonchev–Trinajstić information content (AvgIpc) is 2.39. The number of halogens is 3. The van der Waals surface area contributed by atoms with E-state index in [-0.39, 0.29) is 6.54 Å². The molecule has 0 fully saturated rings. The Labute approximate surface area is 119 Å². The van der Waals surface area contributed by atoms with Crippen molar-refractivity contribution in [2.45, 2.75) is 39.3 Å². The summed E-state index contributed by atoms with van der Waals surface area (Å²) in [4.78, 5) is 6.23. The van der Waals surface area contributed by atoms with Gasteiger partial charge in [-0.25, -0.2) is 0 Å². The molecule has 0 heterocycles. The lowest BCUT2D eigenvalue weighted by Crippen LogP contribution is -2.39. The molecule has 4 nitrogen and oxygen atoms in total. The van der Waals surface area contributed by atoms with Crippen molar-refractivity contribution < 1.29 is 13.2 Å². The summed E-state index contributed by atoms with van der Waals surface area (Å²) in [5.41, 5.74) is 0. The molecule has 0 bridgehead atoms. The van der Waals surface area contributed by atoms with E-state index in [0.717, 1.165) is 32.5 Å². The normalized spacial score (nSPS) is 12.8. The maximum atomic E-state index is 12.0. The molecule has 0 aliphatic carbocycles. The zero-order valence-electron chi connectivity index (χ0n) is 12.7. The van der Waals surface area contributed by atoms with Crippen molar-refractivity contribution in [2.24, 2.45) is 4.99 Å². The van der Waals surface area contributed by atoms with Gasteiger partial charge >= 0.3 is 6.18 Å². The fraction of sp³-hybridized carbons (Fsp3) is 0.923. The first-order valence-electron chi connectivity index (χ1n) is 7.16. The minimum absolute atomic E-state index is 0.150. The molecule has 0 aliphatic heterocycles. The quantitative estimate of drug-likeness (QED) is 0.389. The van der Waals surface area contributed by atoms with Crippen molar-refractivity contribution in [3.8, 4) is 0 Å². The molecule has 0 unspecified atom stereocenters. The second-order valence-corrected chi connectivity index (χ2v) is 4.52. The maximum absolute atomic E-state index is 12.0. The first-order valence-corrected chi connectivity index (χ1v) is 7.16. The standard InChI is InChI=1S/C13H27F3N4/c1-4-20(5-2)11-7-6-9-18-12(17-3)19-10-8-13(14,15)16/h4-11H2,1-3H3,(H2,17,18,19). The van der Waals surface area contributed by atoms with Crippen LogP contribution in [-0.2, 0) is 0 Å². The molecule has 0 amide bonds. The number of nitrogens with zero attached hydrogens (tertiary/aromatic N) is 2. The van der Waals surface area contributed by atoms with Crippen LogP contribution in [0, 0.1) is 0 Å². The number of unbranched alkanes of at least 4 members (excludes halogenated alkanes) is 1. The molecular formula is C13H27F3N4. The minimum atomic E-state index is -4.13. The van der Waals surface area contributed by atoms with Gasteiger partial charge in [-0.2, -0.15) is 13.2 Å². The van der Waals surface area contributed by atoms with Crippen LogP contribution in [0.2, 0.25) is 0 Å². The van der Waals surface area contributed by atoms with Crippen LogP contribution < -0.4 is 10.6 Å². The molecule has 0 saturated carbocycles. The Bertz CT molecular complexity index is 263. The highest BCUT2D eigenvalue weighted by Crippen LogP contribution is 2.17. The maximum Gasteiger partial charge on any atom is 0.390 e. The highest BCUT2D eigenvalue weighted by atomic mass is 19.4. The summed E-state index contributed by atoms with van der Waals surface area (Å²) >= 11 is 0. The molecule has 0 aromatic carbocycles. The Kier molecular flexibility index (Phi) is 10.2. The number of aliphatic imine (C=N–C) groups is 1. The molecule has 0 rings (SSSR count). The number of hydrogen-bond donors (Lipinski definition) is 2. The topological polar surface area (TPSA) is 39.7 Å². The van der Waals surface area contributed by atoms with Gasteiger partial charge in [0.25, 0.3) is 0 Å². The molecule has 0 aliphatic rings. The van der Waals surface area contributed by atoms with Crippen molar-refractivity contribution in [1.29, 1.82) is 0 Å².